The molecule has 4 heteroatoms. The third-order valence-corrected chi connectivity index (χ3v) is 4.12. The summed E-state index contributed by atoms with van der Waals surface area (Å²) < 4.78 is 25.4. The Morgan fingerprint density at radius 3 is 2.70 bits per heavy atom. The predicted octanol–water partition coefficient (Wildman–Crippen LogP) is 3.45. The van der Waals surface area contributed by atoms with Gasteiger partial charge >= 0.3 is 0 Å². The highest BCUT2D eigenvalue weighted by molar-refractivity contribution is 5.24. The van der Waals surface area contributed by atoms with Gasteiger partial charge in [0.15, 0.2) is 0 Å². The summed E-state index contributed by atoms with van der Waals surface area (Å²) in [6, 6.07) is 6.81. The molecule has 1 heterocycles. The molecule has 0 aliphatic carbocycles. The molecule has 20 heavy (non-hydrogen) atoms. The number of benzene rings is 1. The van der Waals surface area contributed by atoms with Crippen molar-refractivity contribution in [2.45, 2.75) is 32.2 Å². The van der Waals surface area contributed by atoms with E-state index >= 15 is 0 Å². The Kier molecular flexibility index (Phi) is 5.92. The van der Waals surface area contributed by atoms with Crippen molar-refractivity contribution in [1.29, 1.82) is 0 Å². The van der Waals surface area contributed by atoms with Crippen LogP contribution in [0.1, 0.15) is 36.8 Å². The van der Waals surface area contributed by atoms with E-state index < -0.39 is 6.43 Å². The van der Waals surface area contributed by atoms with Gasteiger partial charge in [0.05, 0.1) is 0 Å². The lowest BCUT2D eigenvalue weighted by Gasteiger charge is -2.32. The zero-order valence-corrected chi connectivity index (χ0v) is 12.1. The van der Waals surface area contributed by atoms with E-state index in [9.17, 15) is 8.78 Å². The van der Waals surface area contributed by atoms with Gasteiger partial charge in [0, 0.05) is 12.1 Å². The van der Waals surface area contributed by atoms with Gasteiger partial charge in [-0.2, -0.15) is 0 Å². The van der Waals surface area contributed by atoms with Gasteiger partial charge in [0.1, 0.15) is 0 Å². The van der Waals surface area contributed by atoms with E-state index in [1.165, 1.54) is 25.3 Å². The Labute approximate surface area is 120 Å². The molecule has 0 saturated carbocycles. The monoisotopic (exact) mass is 282 g/mol. The molecule has 0 atom stereocenters. The topological polar surface area (TPSA) is 15.3 Å². The largest absolute Gasteiger partial charge is 0.320 e. The Morgan fingerprint density at radius 1 is 1.30 bits per heavy atom. The van der Waals surface area contributed by atoms with Crippen molar-refractivity contribution in [1.82, 2.24) is 10.2 Å². The second-order valence-electron chi connectivity index (χ2n) is 5.66. The highest BCUT2D eigenvalue weighted by atomic mass is 19.3. The van der Waals surface area contributed by atoms with Crippen molar-refractivity contribution in [2.75, 3.05) is 26.7 Å². The Morgan fingerprint density at radius 2 is 2.05 bits per heavy atom. The van der Waals surface area contributed by atoms with Crippen LogP contribution < -0.4 is 5.32 Å². The minimum absolute atomic E-state index is 0.131. The summed E-state index contributed by atoms with van der Waals surface area (Å²) in [7, 11) is 1.99. The van der Waals surface area contributed by atoms with Crippen LogP contribution in [-0.2, 0) is 6.54 Å². The number of hydrogen-bond acceptors (Lipinski definition) is 2. The van der Waals surface area contributed by atoms with Crippen LogP contribution in [0.25, 0.3) is 0 Å². The van der Waals surface area contributed by atoms with Crippen molar-refractivity contribution in [3.8, 4) is 0 Å². The Balaban J connectivity index is 1.82. The first kappa shape index (κ1) is 15.4. The van der Waals surface area contributed by atoms with Gasteiger partial charge < -0.3 is 5.32 Å². The Bertz CT molecular complexity index is 401. The third kappa shape index (κ3) is 4.53. The van der Waals surface area contributed by atoms with Gasteiger partial charge in [-0.05, 0) is 63.5 Å². The molecular weight excluding hydrogens is 258 g/mol. The number of likely N-dealkylation sites (tertiary alicyclic amines) is 1. The maximum atomic E-state index is 12.7. The van der Waals surface area contributed by atoms with Crippen LogP contribution in [-0.4, -0.2) is 31.6 Å². The first-order chi connectivity index (χ1) is 9.69. The maximum absolute atomic E-state index is 12.7. The van der Waals surface area contributed by atoms with Crippen LogP contribution >= 0.6 is 0 Å². The predicted molar refractivity (Wildman–Crippen MR) is 77.9 cm³/mol. The molecule has 1 aromatic rings. The zero-order valence-electron chi connectivity index (χ0n) is 12.1. The molecule has 0 spiro atoms. The first-order valence-corrected chi connectivity index (χ1v) is 7.43. The molecule has 112 valence electrons. The van der Waals surface area contributed by atoms with Crippen LogP contribution in [0.4, 0.5) is 8.78 Å². The lowest BCUT2D eigenvalue weighted by molar-refractivity contribution is 0.150. The first-order valence-electron chi connectivity index (χ1n) is 7.43. The third-order valence-electron chi connectivity index (χ3n) is 4.12. The van der Waals surface area contributed by atoms with Crippen molar-refractivity contribution in [3.63, 3.8) is 0 Å². The molecule has 0 unspecified atom stereocenters. The average Bonchev–Trinajstić information content (AvgIpc) is 2.47. The summed E-state index contributed by atoms with van der Waals surface area (Å²) in [5.41, 5.74) is 1.13. The number of nitrogens with zero attached hydrogens (tertiary/aromatic N) is 1. The lowest BCUT2D eigenvalue weighted by atomic mass is 9.93. The molecule has 1 aromatic carbocycles. The molecule has 1 aliphatic rings. The zero-order chi connectivity index (χ0) is 14.4. The van der Waals surface area contributed by atoms with E-state index in [-0.39, 0.29) is 5.56 Å². The normalized spacial score (nSPS) is 17.8. The smallest absolute Gasteiger partial charge is 0.263 e. The number of halogens is 2. The van der Waals surface area contributed by atoms with Crippen molar-refractivity contribution in [2.24, 2.45) is 5.92 Å². The minimum atomic E-state index is -2.37. The molecule has 1 fully saturated rings. The quantitative estimate of drug-likeness (QED) is 0.859. The van der Waals surface area contributed by atoms with Crippen LogP contribution in [0.15, 0.2) is 24.3 Å². The van der Waals surface area contributed by atoms with Crippen LogP contribution in [0.2, 0.25) is 0 Å². The molecule has 1 saturated heterocycles. The van der Waals surface area contributed by atoms with Crippen LogP contribution in [0.3, 0.4) is 0 Å². The van der Waals surface area contributed by atoms with Gasteiger partial charge in [0.2, 0.25) is 0 Å². The summed E-state index contributed by atoms with van der Waals surface area (Å²) in [5.74, 6) is 0.811. The maximum Gasteiger partial charge on any atom is 0.263 e. The van der Waals surface area contributed by atoms with Crippen molar-refractivity contribution in [3.05, 3.63) is 35.4 Å². The van der Waals surface area contributed by atoms with Gasteiger partial charge in [0.25, 0.3) is 6.43 Å². The van der Waals surface area contributed by atoms with E-state index in [0.29, 0.717) is 0 Å². The molecule has 0 bridgehead atoms. The fourth-order valence-corrected chi connectivity index (χ4v) is 2.87. The second-order valence-corrected chi connectivity index (χ2v) is 5.66. The highest BCUT2D eigenvalue weighted by Gasteiger charge is 2.19. The fourth-order valence-electron chi connectivity index (χ4n) is 2.87. The fraction of sp³-hybridized carbons (Fsp3) is 0.625. The van der Waals surface area contributed by atoms with E-state index in [1.54, 1.807) is 12.1 Å². The standard InChI is InChI=1S/C16H24F2N2/c1-19-8-5-13-6-9-20(10-7-13)12-14-3-2-4-15(11-14)16(17)18/h2-4,11,13,16,19H,5-10,12H2,1H3. The molecule has 0 aromatic heterocycles. The molecule has 0 amide bonds. The average molecular weight is 282 g/mol. The van der Waals surface area contributed by atoms with Crippen LogP contribution in [0, 0.1) is 5.92 Å². The lowest BCUT2D eigenvalue weighted by Crippen LogP contribution is -2.34. The number of alkyl halides is 2. The highest BCUT2D eigenvalue weighted by Crippen LogP contribution is 2.23. The molecule has 2 rings (SSSR count). The van der Waals surface area contributed by atoms with Gasteiger partial charge in [-0.1, -0.05) is 18.2 Å². The van der Waals surface area contributed by atoms with E-state index in [2.05, 4.69) is 10.2 Å². The van der Waals surface area contributed by atoms with E-state index in [1.807, 2.05) is 13.1 Å². The van der Waals surface area contributed by atoms with Gasteiger partial charge in [-0.25, -0.2) is 8.78 Å². The van der Waals surface area contributed by atoms with E-state index in [4.69, 9.17) is 0 Å². The number of hydrogen-bond donors (Lipinski definition) is 1. The molecule has 0 radical (unpaired) electrons. The summed E-state index contributed by atoms with van der Waals surface area (Å²) in [6.07, 6.45) is 1.31. The Hall–Kier alpha value is -1.00. The number of nitrogens with one attached hydrogen (secondary N) is 1. The van der Waals surface area contributed by atoms with E-state index in [0.717, 1.165) is 37.7 Å². The summed E-state index contributed by atoms with van der Waals surface area (Å²) in [6.45, 7) is 4.03. The molecule has 1 aliphatic heterocycles. The number of rotatable bonds is 6. The van der Waals surface area contributed by atoms with Crippen molar-refractivity contribution < 1.29 is 8.78 Å². The van der Waals surface area contributed by atoms with Crippen molar-refractivity contribution >= 4 is 0 Å². The summed E-state index contributed by atoms with van der Waals surface area (Å²) in [4.78, 5) is 2.38. The molecule has 2 nitrogen and oxygen atoms in total. The molecule has 1 N–H and O–H groups in total. The minimum Gasteiger partial charge on any atom is -0.320 e. The van der Waals surface area contributed by atoms with Gasteiger partial charge in [-0.3, -0.25) is 4.90 Å². The SMILES string of the molecule is CNCCC1CCN(Cc2cccc(C(F)F)c2)CC1. The summed E-state index contributed by atoms with van der Waals surface area (Å²) >= 11 is 0. The summed E-state index contributed by atoms with van der Waals surface area (Å²) in [5, 5.41) is 3.20. The van der Waals surface area contributed by atoms with Gasteiger partial charge in [-0.15, -0.1) is 0 Å². The number of piperidine rings is 1. The molecular formula is C16H24F2N2. The second kappa shape index (κ2) is 7.70. The van der Waals surface area contributed by atoms with Crippen LogP contribution in [0.5, 0.6) is 0 Å².